The highest BCUT2D eigenvalue weighted by molar-refractivity contribution is 8.44. The molecule has 0 radical (unpaired) electrons. The molecule has 226 valence electrons. The highest BCUT2D eigenvalue weighted by atomic mass is 32.7. The molecule has 6 heterocycles. The zero-order valence-electron chi connectivity index (χ0n) is 20.9. The van der Waals surface area contributed by atoms with Crippen molar-refractivity contribution in [3.05, 3.63) is 23.0 Å². The molecular weight excluding hydrogens is 611 g/mol. The minimum atomic E-state index is -4.50. The zero-order valence-corrected chi connectivity index (χ0v) is 22.7. The number of aromatic nitrogens is 9. The van der Waals surface area contributed by atoms with Gasteiger partial charge in [-0.05, 0) is 0 Å². The van der Waals surface area contributed by atoms with E-state index in [1.54, 1.807) is 0 Å². The van der Waals surface area contributed by atoms with Crippen molar-refractivity contribution in [2.24, 2.45) is 0 Å². The summed E-state index contributed by atoms with van der Waals surface area (Å²) in [6.45, 7) is -6.00. The van der Waals surface area contributed by atoms with Crippen molar-refractivity contribution in [3.8, 4) is 0 Å². The summed E-state index contributed by atoms with van der Waals surface area (Å²) < 4.78 is 67.3. The van der Waals surface area contributed by atoms with Gasteiger partial charge in [0, 0.05) is 0 Å². The molecule has 23 heteroatoms. The average molecular weight is 633 g/mol. The number of anilines is 2. The molecule has 0 aromatic carbocycles. The van der Waals surface area contributed by atoms with E-state index in [0.717, 1.165) is 21.9 Å². The van der Waals surface area contributed by atoms with E-state index in [-0.39, 0.29) is 34.1 Å². The largest absolute Gasteiger partial charge is 0.394 e. The van der Waals surface area contributed by atoms with Crippen LogP contribution in [0.3, 0.4) is 0 Å². The van der Waals surface area contributed by atoms with Crippen LogP contribution in [0.5, 0.6) is 0 Å². The number of nitrogen functional groups attached to an aromatic ring is 2. The van der Waals surface area contributed by atoms with Crippen LogP contribution in [0.2, 0.25) is 0 Å². The summed E-state index contributed by atoms with van der Waals surface area (Å²) in [7, 11) is 0. The lowest BCUT2D eigenvalue weighted by Gasteiger charge is -2.25. The second-order valence-corrected chi connectivity index (χ2v) is 12.1. The molecule has 2 aliphatic heterocycles. The van der Waals surface area contributed by atoms with Gasteiger partial charge in [-0.3, -0.25) is 23.4 Å². The predicted octanol–water partition coefficient (Wildman–Crippen LogP) is -1.22. The van der Waals surface area contributed by atoms with Gasteiger partial charge in [0.15, 0.2) is 52.9 Å². The summed E-state index contributed by atoms with van der Waals surface area (Å²) in [6, 6.07) is 0. The maximum atomic E-state index is 15.3. The minimum Gasteiger partial charge on any atom is -0.394 e. The Balaban J connectivity index is 1.19. The Labute approximate surface area is 236 Å². The van der Waals surface area contributed by atoms with Crippen molar-refractivity contribution < 1.29 is 42.1 Å². The zero-order chi connectivity index (χ0) is 29.9. The fourth-order valence-corrected chi connectivity index (χ4v) is 6.10. The summed E-state index contributed by atoms with van der Waals surface area (Å²) in [5.41, 5.74) is 10.5. The molecule has 7 N–H and O–H groups in total. The maximum absolute atomic E-state index is 15.3. The molecule has 1 unspecified atom stereocenters. The topological polar surface area (TPSA) is 267 Å². The number of hydrogen-bond donors (Lipinski definition) is 6. The van der Waals surface area contributed by atoms with Crippen LogP contribution in [-0.2, 0) is 23.1 Å². The van der Waals surface area contributed by atoms with E-state index in [1.165, 1.54) is 0 Å². The van der Waals surface area contributed by atoms with E-state index in [2.05, 4.69) is 47.5 Å². The number of ether oxygens (including phenoxy) is 2. The van der Waals surface area contributed by atoms with Crippen LogP contribution >= 0.6 is 19.0 Å². The summed E-state index contributed by atoms with van der Waals surface area (Å²) in [5.74, 6) is -0.274. The fourth-order valence-electron chi connectivity index (χ4n) is 4.65. The number of hydrogen-bond acceptors (Lipinski definition) is 16. The van der Waals surface area contributed by atoms with E-state index in [4.69, 9.17) is 30.0 Å². The Morgan fingerprint density at radius 3 is 2.64 bits per heavy atom. The number of aliphatic hydroxyl groups excluding tert-OH is 2. The number of halogens is 2. The first-order valence-corrected chi connectivity index (χ1v) is 14.8. The first-order valence-electron chi connectivity index (χ1n) is 12.1. The molecule has 2 saturated heterocycles. The molecule has 2 aliphatic rings. The molecule has 6 rings (SSSR count). The number of nitrogens with zero attached hydrogens (tertiary/aromatic N) is 8. The Hall–Kier alpha value is -3.37. The van der Waals surface area contributed by atoms with Crippen LogP contribution in [0.25, 0.3) is 22.3 Å². The highest BCUT2D eigenvalue weighted by Gasteiger charge is 2.51. The van der Waals surface area contributed by atoms with Crippen molar-refractivity contribution in [2.75, 3.05) is 24.7 Å². The monoisotopic (exact) mass is 633 g/mol. The average Bonchev–Trinajstić information content (AvgIpc) is 3.69. The number of fused-ring (bicyclic) bond motifs is 2. The first-order chi connectivity index (χ1) is 20.0. The summed E-state index contributed by atoms with van der Waals surface area (Å²) in [5, 5.41) is 27.6. The van der Waals surface area contributed by atoms with E-state index < -0.39 is 74.8 Å². The Morgan fingerprint density at radius 1 is 1.12 bits per heavy atom. The molecule has 0 aliphatic carbocycles. The molecule has 4 aromatic heterocycles. The lowest BCUT2D eigenvalue weighted by molar-refractivity contribution is -0.0554. The van der Waals surface area contributed by atoms with Crippen molar-refractivity contribution in [1.82, 2.24) is 44.5 Å². The fraction of sp³-hybridized carbons (Fsp3) is 0.526. The van der Waals surface area contributed by atoms with Crippen molar-refractivity contribution in [3.63, 3.8) is 0 Å². The third kappa shape index (κ3) is 4.88. The van der Waals surface area contributed by atoms with Crippen LogP contribution in [0.1, 0.15) is 12.5 Å². The van der Waals surface area contributed by atoms with Gasteiger partial charge in [0.1, 0.15) is 30.7 Å². The third-order valence-electron chi connectivity index (χ3n) is 6.65. The molecule has 4 aromatic rings. The predicted molar refractivity (Wildman–Crippen MR) is 138 cm³/mol. The molecule has 0 saturated carbocycles. The van der Waals surface area contributed by atoms with Gasteiger partial charge < -0.3 is 31.2 Å². The molecule has 0 spiro atoms. The Kier molecular flexibility index (Phi) is 7.33. The number of nitrogens with two attached hydrogens (primary N) is 2. The van der Waals surface area contributed by atoms with Crippen LogP contribution in [0.4, 0.5) is 20.5 Å². The minimum absolute atomic E-state index is 0.00760. The molecule has 9 atom stereocenters. The second-order valence-electron chi connectivity index (χ2n) is 9.27. The smallest absolute Gasteiger partial charge is 0.386 e. The lowest BCUT2D eigenvalue weighted by Crippen LogP contribution is -2.33. The maximum Gasteiger partial charge on any atom is 0.386 e. The number of nitrogens with one attached hydrogen (secondary N) is 1. The van der Waals surface area contributed by atoms with E-state index in [9.17, 15) is 19.6 Å². The van der Waals surface area contributed by atoms with E-state index >= 15 is 8.78 Å². The number of thiol groups is 1. The number of alkyl halides is 2. The summed E-state index contributed by atoms with van der Waals surface area (Å²) in [6.07, 6.45) is -11.2. The van der Waals surface area contributed by atoms with Crippen LogP contribution < -0.4 is 17.0 Å². The summed E-state index contributed by atoms with van der Waals surface area (Å²) >= 11 is 3.89. The van der Waals surface area contributed by atoms with Crippen molar-refractivity contribution in [2.45, 2.75) is 49.2 Å². The number of aromatic amines is 1. The third-order valence-corrected chi connectivity index (χ3v) is 8.26. The van der Waals surface area contributed by atoms with Gasteiger partial charge in [-0.2, -0.15) is 9.67 Å². The van der Waals surface area contributed by atoms with Gasteiger partial charge in [-0.15, -0.1) is 5.10 Å². The van der Waals surface area contributed by atoms with Crippen LogP contribution in [0.15, 0.2) is 17.4 Å². The number of rotatable bonds is 8. The molecule has 42 heavy (non-hydrogen) atoms. The number of H-pyrrole nitrogens is 1. The van der Waals surface area contributed by atoms with Gasteiger partial charge in [-0.1, -0.05) is 17.5 Å². The first kappa shape index (κ1) is 28.7. The lowest BCUT2D eigenvalue weighted by atomic mass is 10.1. The Morgan fingerprint density at radius 2 is 1.88 bits per heavy atom. The molecule has 0 bridgehead atoms. The summed E-state index contributed by atoms with van der Waals surface area (Å²) in [4.78, 5) is 30.1. The second kappa shape index (κ2) is 10.7. The number of imidazole rings is 1. The molecule has 19 nitrogen and oxygen atoms in total. The quantitative estimate of drug-likeness (QED) is 0.0981. The SMILES string of the molecule is Nc1nc2c(ncn2[C@@H]2O[C@H](CO)[C@@H](F)[C@H]2OP(=O)(S)OC[C@H]2O[C@@H](n3nnc4c(N)ncnc43)[C@@H](F)[C@@H]2O)c(=O)[nH]1. The van der Waals surface area contributed by atoms with Gasteiger partial charge in [0.05, 0.1) is 19.5 Å². The van der Waals surface area contributed by atoms with Crippen LogP contribution in [0, 0.1) is 0 Å². The van der Waals surface area contributed by atoms with E-state index in [1.807, 2.05) is 0 Å². The van der Waals surface area contributed by atoms with Gasteiger partial charge in [0.25, 0.3) is 5.56 Å². The van der Waals surface area contributed by atoms with Crippen molar-refractivity contribution >= 4 is 53.1 Å². The van der Waals surface area contributed by atoms with Gasteiger partial charge in [0.2, 0.25) is 5.95 Å². The Bertz CT molecular complexity index is 1740. The van der Waals surface area contributed by atoms with E-state index in [0.29, 0.717) is 0 Å². The molecular formula is C19H22F2N11O8PS. The highest BCUT2D eigenvalue weighted by Crippen LogP contribution is 2.57. The van der Waals surface area contributed by atoms with Crippen LogP contribution in [-0.4, -0.2) is 105 Å². The number of aliphatic hydroxyl groups is 2. The molecule has 0 amide bonds. The molecule has 2 fully saturated rings. The normalized spacial score (nSPS) is 31.3. The van der Waals surface area contributed by atoms with Gasteiger partial charge >= 0.3 is 6.80 Å². The van der Waals surface area contributed by atoms with Gasteiger partial charge in [-0.25, -0.2) is 28.3 Å². The van der Waals surface area contributed by atoms with Crippen molar-refractivity contribution in [1.29, 1.82) is 0 Å². The standard InChI is InChI=1S/C19H22F2N11O8PS/c20-7-5(1-33)38-18(31-4-26-10-15(31)27-19(23)28-16(10)35)12(7)40-41(36,42)37-2-6-11(34)8(21)17(39-6)32-14-9(29-30-32)13(22)24-3-25-14/h3-8,11-12,17-18,33-34H,1-2H2,(H,36,42)(H2,22,24,25)(H3,23,27,28,35)/t5-,6-,7-,8+,11-,12-,17-,18-,41?/m1/s1.